The van der Waals surface area contributed by atoms with E-state index in [1.807, 2.05) is 6.92 Å². The van der Waals surface area contributed by atoms with Gasteiger partial charge in [0, 0.05) is 5.56 Å². The van der Waals surface area contributed by atoms with Crippen LogP contribution in [0.4, 0.5) is 0 Å². The maximum absolute atomic E-state index is 10.7. The van der Waals surface area contributed by atoms with Crippen LogP contribution in [-0.4, -0.2) is 17.7 Å². The molecule has 0 unspecified atom stereocenters. The Morgan fingerprint density at radius 2 is 2.14 bits per heavy atom. The van der Waals surface area contributed by atoms with Crippen molar-refractivity contribution < 1.29 is 14.6 Å². The minimum Gasteiger partial charge on any atom is -0.493 e. The quantitative estimate of drug-likeness (QED) is 0.744. The van der Waals surface area contributed by atoms with Crippen LogP contribution in [0.1, 0.15) is 12.5 Å². The van der Waals surface area contributed by atoms with Crippen molar-refractivity contribution >= 4 is 11.5 Å². The van der Waals surface area contributed by atoms with E-state index in [0.29, 0.717) is 17.9 Å². The van der Waals surface area contributed by atoms with E-state index >= 15 is 0 Å². The number of carboxylic acid groups (broad SMARTS) is 1. The Bertz CT molecular complexity index is 355. The molecular formula is C11H12O3. The highest BCUT2D eigenvalue weighted by atomic mass is 16.5. The average Bonchev–Trinajstić information content (AvgIpc) is 2.18. The first-order valence-electron chi connectivity index (χ1n) is 4.31. The van der Waals surface area contributed by atoms with E-state index in [4.69, 9.17) is 9.84 Å². The number of ether oxygens (including phenoxy) is 1. The number of rotatable bonds is 4. The number of carbonyl (C=O) groups is 1. The van der Waals surface area contributed by atoms with Crippen molar-refractivity contribution in [2.45, 2.75) is 6.92 Å². The van der Waals surface area contributed by atoms with Crippen LogP contribution in [0.5, 0.6) is 5.75 Å². The fourth-order valence-corrected chi connectivity index (χ4v) is 1.11. The van der Waals surface area contributed by atoms with E-state index in [9.17, 15) is 4.79 Å². The zero-order valence-corrected chi connectivity index (χ0v) is 7.99. The monoisotopic (exact) mass is 192 g/mol. The molecule has 0 fully saturated rings. The molecule has 0 saturated heterocycles. The predicted octanol–water partition coefficient (Wildman–Crippen LogP) is 2.18. The van der Waals surface area contributed by atoms with Gasteiger partial charge in [-0.05, 0) is 13.0 Å². The van der Waals surface area contributed by atoms with Gasteiger partial charge in [-0.1, -0.05) is 24.8 Å². The van der Waals surface area contributed by atoms with Gasteiger partial charge in [-0.15, -0.1) is 0 Å². The number of benzene rings is 1. The molecule has 0 aliphatic heterocycles. The normalized spacial score (nSPS) is 9.50. The lowest BCUT2D eigenvalue weighted by molar-refractivity contribution is -0.130. The summed E-state index contributed by atoms with van der Waals surface area (Å²) in [7, 11) is 0. The van der Waals surface area contributed by atoms with Gasteiger partial charge < -0.3 is 9.84 Å². The van der Waals surface area contributed by atoms with Gasteiger partial charge >= 0.3 is 5.97 Å². The van der Waals surface area contributed by atoms with E-state index < -0.39 is 5.97 Å². The van der Waals surface area contributed by atoms with Gasteiger partial charge in [0.25, 0.3) is 0 Å². The van der Waals surface area contributed by atoms with Crippen molar-refractivity contribution in [1.29, 1.82) is 0 Å². The summed E-state index contributed by atoms with van der Waals surface area (Å²) in [6, 6.07) is 6.96. The summed E-state index contributed by atoms with van der Waals surface area (Å²) in [5, 5.41) is 8.77. The predicted molar refractivity (Wildman–Crippen MR) is 54.3 cm³/mol. The Hall–Kier alpha value is -1.77. The lowest BCUT2D eigenvalue weighted by Crippen LogP contribution is -2.01. The number of aliphatic carboxylic acids is 1. The highest BCUT2D eigenvalue weighted by Crippen LogP contribution is 2.24. The van der Waals surface area contributed by atoms with E-state index in [2.05, 4.69) is 6.58 Å². The molecule has 3 heteroatoms. The van der Waals surface area contributed by atoms with Crippen LogP contribution in [0.15, 0.2) is 30.8 Å². The minimum absolute atomic E-state index is 0.0500. The van der Waals surface area contributed by atoms with Crippen molar-refractivity contribution in [3.8, 4) is 5.75 Å². The van der Waals surface area contributed by atoms with Crippen LogP contribution in [0.2, 0.25) is 0 Å². The summed E-state index contributed by atoms with van der Waals surface area (Å²) >= 11 is 0. The van der Waals surface area contributed by atoms with Crippen molar-refractivity contribution in [2.24, 2.45) is 0 Å². The topological polar surface area (TPSA) is 46.5 Å². The van der Waals surface area contributed by atoms with Crippen LogP contribution >= 0.6 is 0 Å². The number of carboxylic acids is 1. The Kier molecular flexibility index (Phi) is 3.29. The number of para-hydroxylation sites is 1. The molecule has 0 atom stereocenters. The Morgan fingerprint density at radius 3 is 2.71 bits per heavy atom. The molecular weight excluding hydrogens is 180 g/mol. The Labute approximate surface area is 82.6 Å². The maximum Gasteiger partial charge on any atom is 0.335 e. The summed E-state index contributed by atoms with van der Waals surface area (Å²) in [5.74, 6) is -0.473. The fourth-order valence-electron chi connectivity index (χ4n) is 1.11. The largest absolute Gasteiger partial charge is 0.493 e. The van der Waals surface area contributed by atoms with Crippen LogP contribution < -0.4 is 4.74 Å². The molecule has 1 aromatic carbocycles. The molecule has 0 aliphatic carbocycles. The third kappa shape index (κ3) is 2.13. The first kappa shape index (κ1) is 10.3. The molecule has 0 radical (unpaired) electrons. The summed E-state index contributed by atoms with van der Waals surface area (Å²) in [4.78, 5) is 10.7. The van der Waals surface area contributed by atoms with Crippen LogP contribution in [-0.2, 0) is 4.79 Å². The smallest absolute Gasteiger partial charge is 0.335 e. The zero-order valence-electron chi connectivity index (χ0n) is 7.99. The second-order valence-corrected chi connectivity index (χ2v) is 2.71. The van der Waals surface area contributed by atoms with Crippen LogP contribution in [0.25, 0.3) is 5.57 Å². The molecule has 0 bridgehead atoms. The van der Waals surface area contributed by atoms with Crippen molar-refractivity contribution in [3.05, 3.63) is 36.4 Å². The second-order valence-electron chi connectivity index (χ2n) is 2.71. The average molecular weight is 192 g/mol. The first-order chi connectivity index (χ1) is 6.66. The zero-order chi connectivity index (χ0) is 10.6. The first-order valence-corrected chi connectivity index (χ1v) is 4.31. The number of hydrogen-bond acceptors (Lipinski definition) is 2. The van der Waals surface area contributed by atoms with Gasteiger partial charge in [-0.3, -0.25) is 0 Å². The van der Waals surface area contributed by atoms with Crippen molar-refractivity contribution in [2.75, 3.05) is 6.61 Å². The van der Waals surface area contributed by atoms with Crippen molar-refractivity contribution in [1.82, 2.24) is 0 Å². The minimum atomic E-state index is -1.03. The number of hydrogen-bond donors (Lipinski definition) is 1. The molecule has 0 aliphatic rings. The van der Waals surface area contributed by atoms with Gasteiger partial charge in [-0.2, -0.15) is 0 Å². The standard InChI is InChI=1S/C11H12O3/c1-3-14-10-7-5-4-6-9(10)8(2)11(12)13/h4-7H,2-3H2,1H3,(H,12,13). The molecule has 0 spiro atoms. The molecule has 0 amide bonds. The maximum atomic E-state index is 10.7. The summed E-state index contributed by atoms with van der Waals surface area (Å²) in [6.07, 6.45) is 0. The third-order valence-electron chi connectivity index (χ3n) is 1.77. The van der Waals surface area contributed by atoms with Gasteiger partial charge in [0.2, 0.25) is 0 Å². The lowest BCUT2D eigenvalue weighted by Gasteiger charge is -2.08. The highest BCUT2D eigenvalue weighted by Gasteiger charge is 2.11. The summed E-state index contributed by atoms with van der Waals surface area (Å²) in [6.45, 7) is 5.84. The fraction of sp³-hybridized carbons (Fsp3) is 0.182. The molecule has 0 aromatic heterocycles. The molecule has 1 aromatic rings. The van der Waals surface area contributed by atoms with E-state index in [1.54, 1.807) is 24.3 Å². The summed E-state index contributed by atoms with van der Waals surface area (Å²) < 4.78 is 5.28. The van der Waals surface area contributed by atoms with E-state index in [-0.39, 0.29) is 5.57 Å². The van der Waals surface area contributed by atoms with Gasteiger partial charge in [0.05, 0.1) is 12.2 Å². The van der Waals surface area contributed by atoms with Crippen LogP contribution in [0, 0.1) is 0 Å². The Morgan fingerprint density at radius 1 is 1.50 bits per heavy atom. The SMILES string of the molecule is C=C(C(=O)O)c1ccccc1OCC. The molecule has 74 valence electrons. The molecule has 0 saturated carbocycles. The van der Waals surface area contributed by atoms with Crippen molar-refractivity contribution in [3.63, 3.8) is 0 Å². The summed E-state index contributed by atoms with van der Waals surface area (Å²) in [5.41, 5.74) is 0.580. The lowest BCUT2D eigenvalue weighted by atomic mass is 10.1. The van der Waals surface area contributed by atoms with Gasteiger partial charge in [0.15, 0.2) is 0 Å². The molecule has 0 heterocycles. The van der Waals surface area contributed by atoms with E-state index in [1.165, 1.54) is 0 Å². The molecule has 3 nitrogen and oxygen atoms in total. The molecule has 1 N–H and O–H groups in total. The van der Waals surface area contributed by atoms with Gasteiger partial charge in [0.1, 0.15) is 5.75 Å². The Balaban J connectivity index is 3.06. The molecule has 1 rings (SSSR count). The molecule has 14 heavy (non-hydrogen) atoms. The third-order valence-corrected chi connectivity index (χ3v) is 1.77. The highest BCUT2D eigenvalue weighted by molar-refractivity contribution is 6.15. The van der Waals surface area contributed by atoms with Gasteiger partial charge in [-0.25, -0.2) is 4.79 Å². The second kappa shape index (κ2) is 4.46. The van der Waals surface area contributed by atoms with Crippen LogP contribution in [0.3, 0.4) is 0 Å². The van der Waals surface area contributed by atoms with E-state index in [0.717, 1.165) is 0 Å².